The number of aliphatic carboxylic acids is 1. The molecule has 2 heterocycles. The molecule has 0 spiro atoms. The van der Waals surface area contributed by atoms with Crippen LogP contribution >= 0.6 is 0 Å². The molecule has 1 aliphatic heterocycles. The van der Waals surface area contributed by atoms with Crippen LogP contribution in [0.2, 0.25) is 0 Å². The maximum absolute atomic E-state index is 13.5. The van der Waals surface area contributed by atoms with Crippen LogP contribution < -0.4 is 15.8 Å². The van der Waals surface area contributed by atoms with Crippen molar-refractivity contribution in [3.05, 3.63) is 65.4 Å². The number of hydrogen-bond donors (Lipinski definition) is 4. The number of benzene rings is 2. The highest BCUT2D eigenvalue weighted by molar-refractivity contribution is 5.98. The first kappa shape index (κ1) is 24.5. The van der Waals surface area contributed by atoms with Gasteiger partial charge in [-0.25, -0.2) is 4.79 Å². The first-order chi connectivity index (χ1) is 16.8. The Bertz CT molecular complexity index is 1260. The third-order valence-electron chi connectivity index (χ3n) is 6.83. The van der Waals surface area contributed by atoms with E-state index in [4.69, 9.17) is 21.0 Å². The summed E-state index contributed by atoms with van der Waals surface area (Å²) in [5, 5.41) is 21.2. The van der Waals surface area contributed by atoms with Crippen LogP contribution in [0.15, 0.2) is 48.5 Å². The number of ketones is 1. The number of aryl methyl sites for hydroxylation is 2. The van der Waals surface area contributed by atoms with Gasteiger partial charge >= 0.3 is 5.97 Å². The molecule has 8 heteroatoms. The van der Waals surface area contributed by atoms with E-state index in [9.17, 15) is 9.59 Å². The molecular formula is C27H32N4O4. The van der Waals surface area contributed by atoms with Gasteiger partial charge in [0, 0.05) is 29.7 Å². The lowest BCUT2D eigenvalue weighted by Gasteiger charge is -2.28. The molecule has 1 unspecified atom stereocenters. The summed E-state index contributed by atoms with van der Waals surface area (Å²) in [6.45, 7) is 3.28. The van der Waals surface area contributed by atoms with Crippen molar-refractivity contribution in [2.75, 3.05) is 13.2 Å². The lowest BCUT2D eigenvalue weighted by molar-refractivity contribution is -0.139. The Balaban J connectivity index is 1.52. The number of carboxylic acids is 1. The van der Waals surface area contributed by atoms with Crippen LogP contribution in [0.3, 0.4) is 0 Å². The fraction of sp³-hybridized carbons (Fsp3) is 0.370. The topological polar surface area (TPSA) is 130 Å². The summed E-state index contributed by atoms with van der Waals surface area (Å²) >= 11 is 0. The van der Waals surface area contributed by atoms with Crippen LogP contribution in [0.1, 0.15) is 43.0 Å². The quantitative estimate of drug-likeness (QED) is 0.248. The molecular weight excluding hydrogens is 444 g/mol. The van der Waals surface area contributed by atoms with Gasteiger partial charge in [-0.1, -0.05) is 24.3 Å². The van der Waals surface area contributed by atoms with Crippen LogP contribution in [0.5, 0.6) is 5.75 Å². The molecule has 35 heavy (non-hydrogen) atoms. The predicted molar refractivity (Wildman–Crippen MR) is 135 cm³/mol. The van der Waals surface area contributed by atoms with Gasteiger partial charge in [0.2, 0.25) is 0 Å². The highest BCUT2D eigenvalue weighted by Crippen LogP contribution is 2.30. The Morgan fingerprint density at radius 1 is 1.23 bits per heavy atom. The molecule has 1 aromatic heterocycles. The Morgan fingerprint density at radius 2 is 2.06 bits per heavy atom. The molecule has 184 valence electrons. The lowest BCUT2D eigenvalue weighted by atomic mass is 9.83. The average molecular weight is 477 g/mol. The number of carboxylic acid groups (broad SMARTS) is 1. The molecule has 0 bridgehead atoms. The fourth-order valence-electron chi connectivity index (χ4n) is 5.04. The molecule has 1 aliphatic rings. The van der Waals surface area contributed by atoms with Crippen LogP contribution in [-0.4, -0.2) is 46.0 Å². The molecule has 1 atom stereocenters. The summed E-state index contributed by atoms with van der Waals surface area (Å²) in [5.74, 6) is -0.399. The number of nitrogens with zero attached hydrogens (tertiary/aromatic N) is 1. The number of carbonyl (C=O) groups is 2. The highest BCUT2D eigenvalue weighted by Gasteiger charge is 2.40. The SMILES string of the molecule is CCn1c(CCC2(C(=O)Cc3cccc(OCC(=O)O)c3)CCCN2)cc2ccc(C(=N)N)cc21. The third-order valence-corrected chi connectivity index (χ3v) is 6.83. The van der Waals surface area contributed by atoms with Crippen molar-refractivity contribution in [2.24, 2.45) is 5.73 Å². The Kier molecular flexibility index (Phi) is 7.21. The van der Waals surface area contributed by atoms with Gasteiger partial charge in [-0.3, -0.25) is 10.2 Å². The smallest absolute Gasteiger partial charge is 0.341 e. The number of fused-ring (bicyclic) bond motifs is 1. The summed E-state index contributed by atoms with van der Waals surface area (Å²) in [6, 6.07) is 15.1. The van der Waals surface area contributed by atoms with Crippen molar-refractivity contribution in [1.82, 2.24) is 9.88 Å². The zero-order valence-electron chi connectivity index (χ0n) is 20.0. The van der Waals surface area contributed by atoms with E-state index in [0.29, 0.717) is 17.7 Å². The van der Waals surface area contributed by atoms with E-state index >= 15 is 0 Å². The average Bonchev–Trinajstić information content (AvgIpc) is 3.46. The number of hydrogen-bond acceptors (Lipinski definition) is 5. The summed E-state index contributed by atoms with van der Waals surface area (Å²) in [6.07, 6.45) is 3.44. The molecule has 4 rings (SSSR count). The van der Waals surface area contributed by atoms with E-state index in [1.54, 1.807) is 18.2 Å². The minimum Gasteiger partial charge on any atom is -0.482 e. The van der Waals surface area contributed by atoms with E-state index in [2.05, 4.69) is 22.9 Å². The van der Waals surface area contributed by atoms with Crippen molar-refractivity contribution in [1.29, 1.82) is 5.41 Å². The van der Waals surface area contributed by atoms with Crippen LogP contribution in [0.25, 0.3) is 10.9 Å². The molecule has 2 aromatic carbocycles. The van der Waals surface area contributed by atoms with Gasteiger partial charge in [0.05, 0.1) is 5.54 Å². The summed E-state index contributed by atoms with van der Waals surface area (Å²) in [7, 11) is 0. The monoisotopic (exact) mass is 476 g/mol. The molecule has 0 aliphatic carbocycles. The van der Waals surface area contributed by atoms with Gasteiger partial charge in [-0.15, -0.1) is 0 Å². The largest absolute Gasteiger partial charge is 0.482 e. The minimum absolute atomic E-state index is 0.0504. The van der Waals surface area contributed by atoms with E-state index in [1.807, 2.05) is 24.3 Å². The van der Waals surface area contributed by atoms with Gasteiger partial charge in [0.15, 0.2) is 12.4 Å². The van der Waals surface area contributed by atoms with Crippen molar-refractivity contribution in [2.45, 2.75) is 51.1 Å². The van der Waals surface area contributed by atoms with E-state index in [1.165, 1.54) is 0 Å². The minimum atomic E-state index is -1.04. The van der Waals surface area contributed by atoms with Crippen molar-refractivity contribution in [3.8, 4) is 5.75 Å². The number of Topliss-reactive ketones (excluding diaryl/α,β-unsaturated/α-hetero) is 1. The number of aromatic nitrogens is 1. The third kappa shape index (κ3) is 5.38. The molecule has 5 N–H and O–H groups in total. The van der Waals surface area contributed by atoms with Crippen LogP contribution in [0, 0.1) is 5.41 Å². The van der Waals surface area contributed by atoms with Crippen LogP contribution in [-0.2, 0) is 29.0 Å². The molecule has 3 aromatic rings. The second-order valence-electron chi connectivity index (χ2n) is 9.11. The van der Waals surface area contributed by atoms with E-state index < -0.39 is 18.1 Å². The summed E-state index contributed by atoms with van der Waals surface area (Å²) < 4.78 is 7.51. The van der Waals surface area contributed by atoms with Crippen molar-refractivity contribution >= 4 is 28.5 Å². The summed E-state index contributed by atoms with van der Waals surface area (Å²) in [5.41, 5.74) is 8.83. The number of nitrogens with two attached hydrogens (primary N) is 1. The number of ether oxygens (including phenoxy) is 1. The first-order valence-corrected chi connectivity index (χ1v) is 12.0. The molecule has 1 saturated heterocycles. The molecule has 0 saturated carbocycles. The Labute approximate surface area is 204 Å². The second kappa shape index (κ2) is 10.3. The summed E-state index contributed by atoms with van der Waals surface area (Å²) in [4.78, 5) is 24.3. The van der Waals surface area contributed by atoms with Crippen LogP contribution in [0.4, 0.5) is 0 Å². The maximum atomic E-state index is 13.5. The van der Waals surface area contributed by atoms with E-state index in [-0.39, 0.29) is 18.0 Å². The highest BCUT2D eigenvalue weighted by atomic mass is 16.5. The second-order valence-corrected chi connectivity index (χ2v) is 9.11. The molecule has 0 radical (unpaired) electrons. The Morgan fingerprint density at radius 3 is 2.74 bits per heavy atom. The lowest BCUT2D eigenvalue weighted by Crippen LogP contribution is -2.48. The maximum Gasteiger partial charge on any atom is 0.341 e. The molecule has 8 nitrogen and oxygen atoms in total. The van der Waals surface area contributed by atoms with E-state index in [0.717, 1.165) is 54.5 Å². The number of nitrogens with one attached hydrogen (secondary N) is 2. The first-order valence-electron chi connectivity index (χ1n) is 12.0. The van der Waals surface area contributed by atoms with Gasteiger partial charge in [-0.05, 0) is 74.4 Å². The zero-order chi connectivity index (χ0) is 25.0. The number of amidine groups is 1. The normalized spacial score (nSPS) is 17.5. The molecule has 0 amide bonds. The predicted octanol–water partition coefficient (Wildman–Crippen LogP) is 3.28. The van der Waals surface area contributed by atoms with Gasteiger partial charge in [0.25, 0.3) is 0 Å². The van der Waals surface area contributed by atoms with Crippen molar-refractivity contribution < 1.29 is 19.4 Å². The van der Waals surface area contributed by atoms with Gasteiger partial charge in [0.1, 0.15) is 11.6 Å². The zero-order valence-corrected chi connectivity index (χ0v) is 20.0. The fourth-order valence-corrected chi connectivity index (χ4v) is 5.04. The van der Waals surface area contributed by atoms with Gasteiger partial charge in [-0.2, -0.15) is 0 Å². The Hall–Kier alpha value is -3.65. The molecule has 1 fully saturated rings. The standard InChI is InChI=1S/C27H32N4O4/c1-2-31-21(15-19-7-8-20(26(28)29)16-23(19)31)9-11-27(10-4-12-30-27)24(32)14-18-5-3-6-22(13-18)35-17-25(33)34/h3,5-8,13,15-16,30H,2,4,9-12,14,17H2,1H3,(H3,28,29)(H,33,34). The van der Waals surface area contributed by atoms with Crippen molar-refractivity contribution in [3.63, 3.8) is 0 Å². The number of carbonyl (C=O) groups excluding carboxylic acids is 1. The number of nitrogen functional groups attached to an aromatic ring is 1. The van der Waals surface area contributed by atoms with Gasteiger partial charge < -0.3 is 25.5 Å². The number of rotatable bonds is 11.